The Kier molecular flexibility index (Phi) is 6.34. The Bertz CT molecular complexity index is 1410. The zero-order valence-corrected chi connectivity index (χ0v) is 20.1. The molecule has 0 spiro atoms. The van der Waals surface area contributed by atoms with Gasteiger partial charge < -0.3 is 9.47 Å². The minimum absolute atomic E-state index is 0.130. The van der Waals surface area contributed by atoms with Gasteiger partial charge in [-0.05, 0) is 40.8 Å². The van der Waals surface area contributed by atoms with E-state index in [0.29, 0.717) is 27.3 Å². The van der Waals surface area contributed by atoms with Crippen molar-refractivity contribution in [3.05, 3.63) is 107 Å². The number of anilines is 1. The first-order valence-electron chi connectivity index (χ1n) is 10.7. The van der Waals surface area contributed by atoms with Crippen molar-refractivity contribution >= 4 is 56.7 Å². The predicted octanol–water partition coefficient (Wildman–Crippen LogP) is 6.83. The van der Waals surface area contributed by atoms with Gasteiger partial charge in [-0.3, -0.25) is 9.69 Å². The molecule has 5 rings (SSSR count). The topological polar surface area (TPSA) is 38.8 Å². The van der Waals surface area contributed by atoms with Crippen molar-refractivity contribution in [2.45, 2.75) is 6.61 Å². The fourth-order valence-electron chi connectivity index (χ4n) is 3.86. The SMILES string of the molecule is COc1cc(/C=C2\SC(=S)N(c3cccc4ccccc34)C2=O)ccc1OCc1ccccc1. The number of thioether (sulfide) groups is 1. The molecule has 0 N–H and O–H groups in total. The summed E-state index contributed by atoms with van der Waals surface area (Å²) < 4.78 is 12.0. The van der Waals surface area contributed by atoms with E-state index >= 15 is 0 Å². The van der Waals surface area contributed by atoms with E-state index in [1.807, 2.05) is 97.1 Å². The van der Waals surface area contributed by atoms with Crippen LogP contribution >= 0.6 is 24.0 Å². The summed E-state index contributed by atoms with van der Waals surface area (Å²) in [6, 6.07) is 29.5. The summed E-state index contributed by atoms with van der Waals surface area (Å²) in [5.74, 6) is 1.12. The zero-order valence-electron chi connectivity index (χ0n) is 18.4. The number of carbonyl (C=O) groups is 1. The van der Waals surface area contributed by atoms with Gasteiger partial charge in [0.2, 0.25) is 0 Å². The molecule has 0 aliphatic carbocycles. The second-order valence-electron chi connectivity index (χ2n) is 7.70. The van der Waals surface area contributed by atoms with Gasteiger partial charge in [-0.25, -0.2) is 0 Å². The van der Waals surface area contributed by atoms with Crippen LogP contribution in [-0.2, 0) is 11.4 Å². The number of fused-ring (bicyclic) bond motifs is 1. The van der Waals surface area contributed by atoms with Gasteiger partial charge in [-0.2, -0.15) is 0 Å². The Hall–Kier alpha value is -3.61. The molecule has 1 aliphatic heterocycles. The maximum atomic E-state index is 13.3. The monoisotopic (exact) mass is 483 g/mol. The number of thiocarbonyl (C=S) groups is 1. The van der Waals surface area contributed by atoms with Gasteiger partial charge in [0, 0.05) is 5.39 Å². The number of ether oxygens (including phenoxy) is 2. The molecular formula is C28H21NO3S2. The Morgan fingerprint density at radius 2 is 1.68 bits per heavy atom. The van der Waals surface area contributed by atoms with E-state index in [9.17, 15) is 4.79 Å². The first-order chi connectivity index (χ1) is 16.6. The highest BCUT2D eigenvalue weighted by Crippen LogP contribution is 2.39. The zero-order chi connectivity index (χ0) is 23.5. The van der Waals surface area contributed by atoms with Gasteiger partial charge in [0.1, 0.15) is 6.61 Å². The molecule has 1 heterocycles. The molecule has 4 aromatic carbocycles. The van der Waals surface area contributed by atoms with E-state index in [-0.39, 0.29) is 5.91 Å². The van der Waals surface area contributed by atoms with Crippen LogP contribution in [0.25, 0.3) is 16.8 Å². The van der Waals surface area contributed by atoms with Crippen molar-refractivity contribution in [2.75, 3.05) is 12.0 Å². The second kappa shape index (κ2) is 9.71. The average molecular weight is 484 g/mol. The molecule has 0 saturated carbocycles. The summed E-state index contributed by atoms with van der Waals surface area (Å²) in [6.45, 7) is 0.445. The molecule has 0 bridgehead atoms. The third-order valence-corrected chi connectivity index (χ3v) is 6.83. The van der Waals surface area contributed by atoms with Gasteiger partial charge in [0.25, 0.3) is 5.91 Å². The van der Waals surface area contributed by atoms with Crippen LogP contribution in [0.3, 0.4) is 0 Å². The molecule has 0 atom stereocenters. The number of benzene rings is 4. The second-order valence-corrected chi connectivity index (χ2v) is 9.38. The fourth-order valence-corrected chi connectivity index (χ4v) is 5.14. The summed E-state index contributed by atoms with van der Waals surface area (Å²) in [5.41, 5.74) is 2.71. The summed E-state index contributed by atoms with van der Waals surface area (Å²) in [6.07, 6.45) is 1.84. The van der Waals surface area contributed by atoms with Crippen molar-refractivity contribution in [3.63, 3.8) is 0 Å². The normalized spacial score (nSPS) is 14.7. The molecule has 0 radical (unpaired) electrons. The highest BCUT2D eigenvalue weighted by atomic mass is 32.2. The third kappa shape index (κ3) is 4.42. The number of amides is 1. The number of rotatable bonds is 6. The van der Waals surface area contributed by atoms with E-state index in [0.717, 1.165) is 27.6 Å². The highest BCUT2D eigenvalue weighted by molar-refractivity contribution is 8.27. The van der Waals surface area contributed by atoms with Crippen LogP contribution in [-0.4, -0.2) is 17.3 Å². The van der Waals surface area contributed by atoms with Gasteiger partial charge in [0.05, 0.1) is 17.7 Å². The highest BCUT2D eigenvalue weighted by Gasteiger charge is 2.34. The van der Waals surface area contributed by atoms with Crippen LogP contribution in [0.5, 0.6) is 11.5 Å². The fraction of sp³-hybridized carbons (Fsp3) is 0.0714. The van der Waals surface area contributed by atoms with Crippen molar-refractivity contribution in [2.24, 2.45) is 0 Å². The molecule has 0 unspecified atom stereocenters. The van der Waals surface area contributed by atoms with E-state index < -0.39 is 0 Å². The molecule has 168 valence electrons. The van der Waals surface area contributed by atoms with Crippen molar-refractivity contribution < 1.29 is 14.3 Å². The summed E-state index contributed by atoms with van der Waals surface area (Å²) >= 11 is 6.89. The lowest BCUT2D eigenvalue weighted by Crippen LogP contribution is -2.27. The Balaban J connectivity index is 1.40. The number of carbonyl (C=O) groups excluding carboxylic acids is 1. The average Bonchev–Trinajstić information content (AvgIpc) is 3.15. The number of nitrogens with zero attached hydrogens (tertiary/aromatic N) is 1. The Morgan fingerprint density at radius 1 is 0.912 bits per heavy atom. The maximum Gasteiger partial charge on any atom is 0.270 e. The number of methoxy groups -OCH3 is 1. The van der Waals surface area contributed by atoms with Crippen molar-refractivity contribution in [1.82, 2.24) is 0 Å². The number of hydrogen-bond acceptors (Lipinski definition) is 5. The molecule has 4 nitrogen and oxygen atoms in total. The van der Waals surface area contributed by atoms with E-state index in [4.69, 9.17) is 21.7 Å². The first kappa shape index (κ1) is 22.2. The van der Waals surface area contributed by atoms with E-state index in [1.54, 1.807) is 12.0 Å². The summed E-state index contributed by atoms with van der Waals surface area (Å²) in [5, 5.41) is 2.05. The molecule has 1 saturated heterocycles. The Labute approximate surface area is 207 Å². The minimum Gasteiger partial charge on any atom is -0.493 e. The van der Waals surface area contributed by atoms with Crippen molar-refractivity contribution in [1.29, 1.82) is 0 Å². The van der Waals surface area contributed by atoms with Gasteiger partial charge in [0.15, 0.2) is 15.8 Å². The molecule has 0 aromatic heterocycles. The lowest BCUT2D eigenvalue weighted by atomic mass is 10.1. The van der Waals surface area contributed by atoms with Gasteiger partial charge >= 0.3 is 0 Å². The van der Waals surface area contributed by atoms with Crippen LogP contribution < -0.4 is 14.4 Å². The largest absolute Gasteiger partial charge is 0.493 e. The maximum absolute atomic E-state index is 13.3. The van der Waals surface area contributed by atoms with Crippen LogP contribution in [0, 0.1) is 0 Å². The smallest absolute Gasteiger partial charge is 0.270 e. The van der Waals surface area contributed by atoms with E-state index in [1.165, 1.54) is 11.8 Å². The van der Waals surface area contributed by atoms with Crippen LogP contribution in [0.1, 0.15) is 11.1 Å². The summed E-state index contributed by atoms with van der Waals surface area (Å²) in [7, 11) is 1.61. The standard InChI is InChI=1S/C28H21NO3S2/c1-31-25-16-20(14-15-24(25)32-18-19-8-3-2-4-9-19)17-26-27(30)29(28(33)34-26)23-13-7-11-21-10-5-6-12-22(21)23/h2-17H,18H2,1H3/b26-17-. The molecule has 34 heavy (non-hydrogen) atoms. The van der Waals surface area contributed by atoms with Crippen LogP contribution in [0.2, 0.25) is 0 Å². The third-order valence-electron chi connectivity index (χ3n) is 5.52. The molecule has 1 fully saturated rings. The van der Waals surface area contributed by atoms with Crippen LogP contribution in [0.4, 0.5) is 5.69 Å². The lowest BCUT2D eigenvalue weighted by molar-refractivity contribution is -0.113. The summed E-state index contributed by atoms with van der Waals surface area (Å²) in [4.78, 5) is 15.5. The predicted molar refractivity (Wildman–Crippen MR) is 143 cm³/mol. The minimum atomic E-state index is -0.130. The molecular weight excluding hydrogens is 462 g/mol. The van der Waals surface area contributed by atoms with Crippen molar-refractivity contribution in [3.8, 4) is 11.5 Å². The molecule has 1 amide bonds. The number of hydrogen-bond donors (Lipinski definition) is 0. The molecule has 4 aromatic rings. The Morgan fingerprint density at radius 3 is 2.50 bits per heavy atom. The van der Waals surface area contributed by atoms with Gasteiger partial charge in [-0.15, -0.1) is 0 Å². The first-order valence-corrected chi connectivity index (χ1v) is 12.0. The lowest BCUT2D eigenvalue weighted by Gasteiger charge is -2.17. The quantitative estimate of drug-likeness (QED) is 0.222. The molecule has 1 aliphatic rings. The molecule has 6 heteroatoms. The van der Waals surface area contributed by atoms with Gasteiger partial charge in [-0.1, -0.05) is 96.8 Å². The van der Waals surface area contributed by atoms with Crippen LogP contribution in [0.15, 0.2) is 95.9 Å². The van der Waals surface area contributed by atoms with E-state index in [2.05, 4.69) is 0 Å².